The quantitative estimate of drug-likeness (QED) is 0.868. The third-order valence-electron chi connectivity index (χ3n) is 4.89. The molecule has 1 aliphatic rings. The number of anilines is 1. The first-order valence-corrected chi connectivity index (χ1v) is 8.20. The molecule has 0 bridgehead atoms. The van der Waals surface area contributed by atoms with Crippen LogP contribution in [0.15, 0.2) is 18.2 Å². The van der Waals surface area contributed by atoms with Crippen molar-refractivity contribution < 1.29 is 4.39 Å². The average Bonchev–Trinajstić information content (AvgIpc) is 2.46. The molecule has 2 rings (SSSR count). The zero-order chi connectivity index (χ0) is 15.5. The fraction of sp³-hybridized carbons (Fsp3) is 0.667. The van der Waals surface area contributed by atoms with Gasteiger partial charge in [-0.25, -0.2) is 4.39 Å². The molecule has 1 fully saturated rings. The van der Waals surface area contributed by atoms with Crippen LogP contribution in [-0.2, 0) is 6.54 Å². The Bertz CT molecular complexity index is 462. The smallest absolute Gasteiger partial charge is 0.146 e. The van der Waals surface area contributed by atoms with Gasteiger partial charge in [-0.3, -0.25) is 0 Å². The van der Waals surface area contributed by atoms with Gasteiger partial charge in [-0.05, 0) is 36.0 Å². The summed E-state index contributed by atoms with van der Waals surface area (Å²) < 4.78 is 14.4. The second-order valence-corrected chi connectivity index (χ2v) is 6.97. The fourth-order valence-electron chi connectivity index (χ4n) is 2.88. The fourth-order valence-corrected chi connectivity index (χ4v) is 2.88. The summed E-state index contributed by atoms with van der Waals surface area (Å²) in [4.78, 5) is 2.20. The number of halogens is 1. The lowest BCUT2D eigenvalue weighted by Crippen LogP contribution is -2.38. The average molecular weight is 292 g/mol. The molecule has 1 N–H and O–H groups in total. The molecule has 3 heteroatoms. The number of rotatable bonds is 5. The highest BCUT2D eigenvalue weighted by Gasteiger charge is 2.29. The Morgan fingerprint density at radius 1 is 1.29 bits per heavy atom. The molecule has 118 valence electrons. The van der Waals surface area contributed by atoms with Gasteiger partial charge >= 0.3 is 0 Å². The summed E-state index contributed by atoms with van der Waals surface area (Å²) in [7, 11) is 0. The minimum atomic E-state index is -0.0850. The van der Waals surface area contributed by atoms with E-state index in [1.165, 1.54) is 6.42 Å². The van der Waals surface area contributed by atoms with Gasteiger partial charge in [0.2, 0.25) is 0 Å². The van der Waals surface area contributed by atoms with E-state index in [9.17, 15) is 4.39 Å². The molecule has 0 aromatic heterocycles. The lowest BCUT2D eigenvalue weighted by atomic mass is 9.78. The predicted octanol–water partition coefficient (Wildman–Crippen LogP) is 4.34. The summed E-state index contributed by atoms with van der Waals surface area (Å²) >= 11 is 0. The summed E-state index contributed by atoms with van der Waals surface area (Å²) in [6, 6.07) is 6.09. The molecule has 0 atom stereocenters. The van der Waals surface area contributed by atoms with Crippen molar-refractivity contribution >= 4 is 5.69 Å². The van der Waals surface area contributed by atoms with Crippen LogP contribution in [0.3, 0.4) is 0 Å². The van der Waals surface area contributed by atoms with E-state index in [2.05, 4.69) is 37.9 Å². The Balaban J connectivity index is 2.01. The van der Waals surface area contributed by atoms with E-state index in [0.717, 1.165) is 43.7 Å². The van der Waals surface area contributed by atoms with E-state index in [4.69, 9.17) is 0 Å². The van der Waals surface area contributed by atoms with E-state index in [1.54, 1.807) is 6.07 Å². The summed E-state index contributed by atoms with van der Waals surface area (Å²) in [5.41, 5.74) is 2.22. The zero-order valence-electron chi connectivity index (χ0n) is 13.9. The highest BCUT2D eigenvalue weighted by molar-refractivity contribution is 5.49. The number of piperidine rings is 1. The summed E-state index contributed by atoms with van der Waals surface area (Å²) in [5, 5.41) is 3.33. The molecule has 0 radical (unpaired) electrons. The van der Waals surface area contributed by atoms with Gasteiger partial charge in [0.05, 0.1) is 5.69 Å². The van der Waals surface area contributed by atoms with Crippen molar-refractivity contribution in [1.82, 2.24) is 5.32 Å². The van der Waals surface area contributed by atoms with Gasteiger partial charge in [0.1, 0.15) is 5.82 Å². The Morgan fingerprint density at radius 3 is 2.48 bits per heavy atom. The molecule has 1 heterocycles. The van der Waals surface area contributed by atoms with Crippen molar-refractivity contribution in [2.75, 3.05) is 18.0 Å². The largest absolute Gasteiger partial charge is 0.369 e. The van der Waals surface area contributed by atoms with Crippen LogP contribution in [0.4, 0.5) is 10.1 Å². The van der Waals surface area contributed by atoms with Crippen LogP contribution in [0.1, 0.15) is 52.5 Å². The van der Waals surface area contributed by atoms with Crippen molar-refractivity contribution in [3.63, 3.8) is 0 Å². The van der Waals surface area contributed by atoms with Crippen molar-refractivity contribution in [1.29, 1.82) is 0 Å². The van der Waals surface area contributed by atoms with E-state index in [0.29, 0.717) is 11.5 Å². The van der Waals surface area contributed by atoms with Crippen molar-refractivity contribution in [2.45, 2.75) is 59.5 Å². The Morgan fingerprint density at radius 2 is 1.95 bits per heavy atom. The Kier molecular flexibility index (Phi) is 5.26. The lowest BCUT2D eigenvalue weighted by Gasteiger charge is -2.40. The van der Waals surface area contributed by atoms with Crippen LogP contribution in [0.25, 0.3) is 0 Å². The maximum atomic E-state index is 14.4. The molecule has 21 heavy (non-hydrogen) atoms. The third-order valence-corrected chi connectivity index (χ3v) is 4.89. The number of hydrogen-bond donors (Lipinski definition) is 1. The van der Waals surface area contributed by atoms with Crippen molar-refractivity contribution in [3.8, 4) is 0 Å². The van der Waals surface area contributed by atoms with Crippen LogP contribution in [0.5, 0.6) is 0 Å². The normalized spacial score (nSPS) is 18.3. The van der Waals surface area contributed by atoms with Crippen molar-refractivity contribution in [2.24, 2.45) is 5.41 Å². The number of nitrogens with zero attached hydrogens (tertiary/aromatic N) is 1. The van der Waals surface area contributed by atoms with Gasteiger partial charge in [0, 0.05) is 25.7 Å². The molecule has 0 spiro atoms. The van der Waals surface area contributed by atoms with Crippen LogP contribution in [0, 0.1) is 11.2 Å². The molecule has 1 saturated heterocycles. The predicted molar refractivity (Wildman–Crippen MR) is 88.2 cm³/mol. The zero-order valence-corrected chi connectivity index (χ0v) is 13.9. The maximum Gasteiger partial charge on any atom is 0.146 e. The SMILES string of the molecule is CCC1(C)CCN(c2ccc(CNC(C)C)cc2F)CC1. The molecular weight excluding hydrogens is 263 g/mol. The molecule has 0 saturated carbocycles. The molecule has 0 aliphatic carbocycles. The molecule has 2 nitrogen and oxygen atoms in total. The van der Waals surface area contributed by atoms with Gasteiger partial charge in [-0.1, -0.05) is 40.2 Å². The minimum Gasteiger partial charge on any atom is -0.369 e. The Labute approximate surface area is 128 Å². The van der Waals surface area contributed by atoms with Crippen LogP contribution in [0.2, 0.25) is 0 Å². The molecular formula is C18H29FN2. The first kappa shape index (κ1) is 16.3. The molecule has 1 aromatic carbocycles. The lowest BCUT2D eigenvalue weighted by molar-refractivity contribution is 0.237. The van der Waals surface area contributed by atoms with E-state index in [-0.39, 0.29) is 5.82 Å². The van der Waals surface area contributed by atoms with E-state index >= 15 is 0 Å². The highest BCUT2D eigenvalue weighted by Crippen LogP contribution is 2.36. The van der Waals surface area contributed by atoms with Gasteiger partial charge < -0.3 is 10.2 Å². The molecule has 1 aliphatic heterocycles. The molecule has 0 unspecified atom stereocenters. The van der Waals surface area contributed by atoms with Gasteiger partial charge in [-0.15, -0.1) is 0 Å². The van der Waals surface area contributed by atoms with Gasteiger partial charge in [0.15, 0.2) is 0 Å². The van der Waals surface area contributed by atoms with Crippen LogP contribution < -0.4 is 10.2 Å². The van der Waals surface area contributed by atoms with Gasteiger partial charge in [0.25, 0.3) is 0 Å². The summed E-state index contributed by atoms with van der Waals surface area (Å²) in [6.45, 7) is 11.5. The first-order valence-electron chi connectivity index (χ1n) is 8.20. The molecule has 1 aromatic rings. The van der Waals surface area contributed by atoms with Gasteiger partial charge in [-0.2, -0.15) is 0 Å². The maximum absolute atomic E-state index is 14.4. The van der Waals surface area contributed by atoms with Crippen LogP contribution >= 0.6 is 0 Å². The number of benzene rings is 1. The Hall–Kier alpha value is -1.09. The standard InChI is InChI=1S/C18H29FN2/c1-5-18(4)8-10-21(11-9-18)17-7-6-15(12-16(17)19)13-20-14(2)3/h6-7,12,14,20H,5,8-11,13H2,1-4H3. The number of hydrogen-bond acceptors (Lipinski definition) is 2. The summed E-state index contributed by atoms with van der Waals surface area (Å²) in [5.74, 6) is -0.0850. The van der Waals surface area contributed by atoms with Crippen LogP contribution in [-0.4, -0.2) is 19.1 Å². The molecule has 0 amide bonds. The second-order valence-electron chi connectivity index (χ2n) is 6.97. The van der Waals surface area contributed by atoms with Crippen molar-refractivity contribution in [3.05, 3.63) is 29.6 Å². The first-order chi connectivity index (χ1) is 9.93. The summed E-state index contributed by atoms with van der Waals surface area (Å²) in [6.07, 6.45) is 3.52. The minimum absolute atomic E-state index is 0.0850. The third kappa shape index (κ3) is 4.19. The topological polar surface area (TPSA) is 15.3 Å². The number of nitrogens with one attached hydrogen (secondary N) is 1. The monoisotopic (exact) mass is 292 g/mol. The highest BCUT2D eigenvalue weighted by atomic mass is 19.1. The second kappa shape index (κ2) is 6.78. The van der Waals surface area contributed by atoms with E-state index < -0.39 is 0 Å². The van der Waals surface area contributed by atoms with E-state index in [1.807, 2.05) is 12.1 Å².